The molecule has 0 aromatic rings. The highest BCUT2D eigenvalue weighted by atomic mass is 16.5. The first-order chi connectivity index (χ1) is 11.4. The van der Waals surface area contributed by atoms with Crippen LogP contribution in [0.2, 0.25) is 0 Å². The van der Waals surface area contributed by atoms with E-state index in [4.69, 9.17) is 9.47 Å². The number of nitrogens with one attached hydrogen (secondary N) is 2. The Morgan fingerprint density at radius 3 is 2.83 bits per heavy atom. The van der Waals surface area contributed by atoms with Crippen molar-refractivity contribution in [3.8, 4) is 0 Å². The second-order valence-corrected chi connectivity index (χ2v) is 6.32. The number of ether oxygens (including phenoxy) is 2. The van der Waals surface area contributed by atoms with Crippen LogP contribution >= 0.6 is 0 Å². The molecule has 1 heterocycles. The molecule has 0 aromatic carbocycles. The van der Waals surface area contributed by atoms with E-state index in [9.17, 15) is 0 Å². The summed E-state index contributed by atoms with van der Waals surface area (Å²) in [6.07, 6.45) is 12.3. The van der Waals surface area contributed by atoms with Crippen LogP contribution in [0.1, 0.15) is 51.4 Å². The lowest BCUT2D eigenvalue weighted by molar-refractivity contribution is -0.0320. The van der Waals surface area contributed by atoms with Gasteiger partial charge in [0.2, 0.25) is 0 Å². The molecule has 0 spiro atoms. The lowest BCUT2D eigenvalue weighted by atomic mass is 9.97. The van der Waals surface area contributed by atoms with Crippen LogP contribution in [0, 0.1) is 0 Å². The maximum absolute atomic E-state index is 5.87. The van der Waals surface area contributed by atoms with E-state index in [1.807, 2.05) is 7.05 Å². The van der Waals surface area contributed by atoms with Crippen LogP contribution in [0.5, 0.6) is 0 Å². The molecule has 1 aliphatic heterocycles. The number of allylic oxidation sites excluding steroid dienone is 1. The second-order valence-electron chi connectivity index (χ2n) is 6.32. The molecule has 0 bridgehead atoms. The third-order valence-corrected chi connectivity index (χ3v) is 4.48. The summed E-state index contributed by atoms with van der Waals surface area (Å²) in [7, 11) is 1.83. The molecule has 0 atom stereocenters. The molecule has 0 radical (unpaired) electrons. The summed E-state index contributed by atoms with van der Waals surface area (Å²) >= 11 is 0. The number of guanidine groups is 1. The predicted octanol–water partition coefficient (Wildman–Crippen LogP) is 2.63. The molecule has 2 rings (SSSR count). The molecule has 0 amide bonds. The Kier molecular flexibility index (Phi) is 9.11. The zero-order valence-corrected chi connectivity index (χ0v) is 14.6. The number of aliphatic imine (C=N–C) groups is 1. The minimum atomic E-state index is 0.393. The molecule has 0 unspecified atom stereocenters. The summed E-state index contributed by atoms with van der Waals surface area (Å²) in [6.45, 7) is 4.35. The van der Waals surface area contributed by atoms with Gasteiger partial charge in [-0.3, -0.25) is 4.99 Å². The minimum absolute atomic E-state index is 0.393. The van der Waals surface area contributed by atoms with Gasteiger partial charge >= 0.3 is 0 Å². The third-order valence-electron chi connectivity index (χ3n) is 4.48. The topological polar surface area (TPSA) is 54.9 Å². The predicted molar refractivity (Wildman–Crippen MR) is 94.9 cm³/mol. The van der Waals surface area contributed by atoms with Crippen LogP contribution < -0.4 is 10.6 Å². The fraction of sp³-hybridized carbons (Fsp3) is 0.833. The number of rotatable bonds is 8. The van der Waals surface area contributed by atoms with Crippen molar-refractivity contribution in [2.24, 2.45) is 4.99 Å². The molecule has 0 aromatic heterocycles. The smallest absolute Gasteiger partial charge is 0.190 e. The summed E-state index contributed by atoms with van der Waals surface area (Å²) in [5, 5.41) is 6.76. The first kappa shape index (κ1) is 18.3. The van der Waals surface area contributed by atoms with Crippen molar-refractivity contribution in [3.05, 3.63) is 11.6 Å². The van der Waals surface area contributed by atoms with E-state index in [0.29, 0.717) is 6.10 Å². The normalized spacial score (nSPS) is 20.2. The van der Waals surface area contributed by atoms with Crippen LogP contribution in [-0.4, -0.2) is 52.0 Å². The third kappa shape index (κ3) is 7.84. The van der Waals surface area contributed by atoms with E-state index in [1.165, 1.54) is 25.7 Å². The maximum atomic E-state index is 5.87. The van der Waals surface area contributed by atoms with Gasteiger partial charge < -0.3 is 20.1 Å². The van der Waals surface area contributed by atoms with Crippen LogP contribution in [-0.2, 0) is 9.47 Å². The van der Waals surface area contributed by atoms with E-state index < -0.39 is 0 Å². The zero-order valence-electron chi connectivity index (χ0n) is 14.6. The van der Waals surface area contributed by atoms with Gasteiger partial charge in [0.05, 0.1) is 6.10 Å². The van der Waals surface area contributed by atoms with E-state index in [-0.39, 0.29) is 0 Å². The van der Waals surface area contributed by atoms with E-state index in [0.717, 1.165) is 64.6 Å². The molecule has 23 heavy (non-hydrogen) atoms. The van der Waals surface area contributed by atoms with Crippen molar-refractivity contribution in [2.45, 2.75) is 57.5 Å². The molecule has 2 aliphatic rings. The Hall–Kier alpha value is -1.07. The molecule has 5 heteroatoms. The summed E-state index contributed by atoms with van der Waals surface area (Å²) in [5.74, 6) is 0.896. The first-order valence-electron chi connectivity index (χ1n) is 9.20. The Bertz CT molecular complexity index is 376. The average molecular weight is 323 g/mol. The highest BCUT2D eigenvalue weighted by Crippen LogP contribution is 2.19. The van der Waals surface area contributed by atoms with Gasteiger partial charge in [0.1, 0.15) is 0 Å². The first-order valence-corrected chi connectivity index (χ1v) is 9.20. The zero-order chi connectivity index (χ0) is 16.2. The average Bonchev–Trinajstić information content (AvgIpc) is 2.61. The minimum Gasteiger partial charge on any atom is -0.381 e. The summed E-state index contributed by atoms with van der Waals surface area (Å²) < 4.78 is 11.2. The number of hydrogen-bond donors (Lipinski definition) is 2. The van der Waals surface area contributed by atoms with E-state index >= 15 is 0 Å². The molecule has 132 valence electrons. The van der Waals surface area contributed by atoms with Gasteiger partial charge in [-0.25, -0.2) is 0 Å². The molecule has 5 nitrogen and oxygen atoms in total. The van der Waals surface area contributed by atoms with Crippen molar-refractivity contribution in [2.75, 3.05) is 40.0 Å². The molecular formula is C18H33N3O2. The van der Waals surface area contributed by atoms with Gasteiger partial charge in [-0.05, 0) is 51.4 Å². The molecule has 0 saturated carbocycles. The summed E-state index contributed by atoms with van der Waals surface area (Å²) in [5.41, 5.74) is 1.60. The van der Waals surface area contributed by atoms with Gasteiger partial charge in [-0.1, -0.05) is 11.6 Å². The lowest BCUT2D eigenvalue weighted by Crippen LogP contribution is -2.38. The Balaban J connectivity index is 1.48. The van der Waals surface area contributed by atoms with E-state index in [1.54, 1.807) is 5.57 Å². The van der Waals surface area contributed by atoms with E-state index in [2.05, 4.69) is 21.7 Å². The molecule has 1 saturated heterocycles. The van der Waals surface area contributed by atoms with Crippen LogP contribution in [0.15, 0.2) is 16.6 Å². The fourth-order valence-corrected chi connectivity index (χ4v) is 3.07. The SMILES string of the molecule is CN=C(NCCCOC1CCOCC1)NCCC1=CCCCC1. The van der Waals surface area contributed by atoms with Crippen LogP contribution in [0.25, 0.3) is 0 Å². The number of nitrogens with zero attached hydrogens (tertiary/aromatic N) is 1. The molecule has 1 fully saturated rings. The Labute approximate surface area is 140 Å². The standard InChI is InChI=1S/C18H33N3O2/c1-19-18(21-12-8-16-6-3-2-4-7-16)20-11-5-13-23-17-9-14-22-15-10-17/h6,17H,2-5,7-15H2,1H3,(H2,19,20,21). The quantitative estimate of drug-likeness (QED) is 0.312. The van der Waals surface area contributed by atoms with Crippen molar-refractivity contribution in [3.63, 3.8) is 0 Å². The Morgan fingerprint density at radius 1 is 1.26 bits per heavy atom. The van der Waals surface area contributed by atoms with Crippen molar-refractivity contribution >= 4 is 5.96 Å². The van der Waals surface area contributed by atoms with Crippen LogP contribution in [0.4, 0.5) is 0 Å². The molecule has 1 aliphatic carbocycles. The van der Waals surface area contributed by atoms with Gasteiger partial charge in [-0.15, -0.1) is 0 Å². The molecular weight excluding hydrogens is 290 g/mol. The molecule has 2 N–H and O–H groups in total. The fourth-order valence-electron chi connectivity index (χ4n) is 3.07. The largest absolute Gasteiger partial charge is 0.381 e. The van der Waals surface area contributed by atoms with Crippen LogP contribution in [0.3, 0.4) is 0 Å². The second kappa shape index (κ2) is 11.5. The summed E-state index contributed by atoms with van der Waals surface area (Å²) in [4.78, 5) is 4.28. The van der Waals surface area contributed by atoms with Crippen molar-refractivity contribution < 1.29 is 9.47 Å². The monoisotopic (exact) mass is 323 g/mol. The number of hydrogen-bond acceptors (Lipinski definition) is 3. The maximum Gasteiger partial charge on any atom is 0.190 e. The van der Waals surface area contributed by atoms with Gasteiger partial charge in [0.25, 0.3) is 0 Å². The van der Waals surface area contributed by atoms with Crippen molar-refractivity contribution in [1.29, 1.82) is 0 Å². The van der Waals surface area contributed by atoms with Gasteiger partial charge in [-0.2, -0.15) is 0 Å². The van der Waals surface area contributed by atoms with Gasteiger partial charge in [0.15, 0.2) is 5.96 Å². The highest BCUT2D eigenvalue weighted by molar-refractivity contribution is 5.79. The lowest BCUT2D eigenvalue weighted by Gasteiger charge is -2.22. The Morgan fingerprint density at radius 2 is 2.09 bits per heavy atom. The van der Waals surface area contributed by atoms with Gasteiger partial charge in [0, 0.05) is 40.0 Å². The summed E-state index contributed by atoms with van der Waals surface area (Å²) in [6, 6.07) is 0. The highest BCUT2D eigenvalue weighted by Gasteiger charge is 2.13. The van der Waals surface area contributed by atoms with Crippen molar-refractivity contribution in [1.82, 2.24) is 10.6 Å².